The van der Waals surface area contributed by atoms with Gasteiger partial charge in [0.05, 0.1) is 17.3 Å². The number of thioether (sulfide) groups is 1. The van der Waals surface area contributed by atoms with Crippen LogP contribution in [0.2, 0.25) is 0 Å². The molecule has 0 atom stereocenters. The molecule has 1 fully saturated rings. The molecule has 0 aliphatic heterocycles. The lowest BCUT2D eigenvalue weighted by Crippen LogP contribution is -2.50. The van der Waals surface area contributed by atoms with Crippen LogP contribution in [-0.2, 0) is 15.3 Å². The first-order chi connectivity index (χ1) is 14.4. The quantitative estimate of drug-likeness (QED) is 0.524. The van der Waals surface area contributed by atoms with Crippen molar-refractivity contribution in [3.8, 4) is 6.07 Å². The minimum absolute atomic E-state index is 0.398. The van der Waals surface area contributed by atoms with Crippen molar-refractivity contribution < 1.29 is 18.8 Å². The summed E-state index contributed by atoms with van der Waals surface area (Å²) in [6.45, 7) is 3.33. The van der Waals surface area contributed by atoms with Crippen LogP contribution in [0.1, 0.15) is 59.5 Å². The fourth-order valence-electron chi connectivity index (χ4n) is 3.55. The monoisotopic (exact) mass is 427 g/mol. The Morgan fingerprint density at radius 3 is 2.67 bits per heavy atom. The van der Waals surface area contributed by atoms with Crippen molar-refractivity contribution >= 4 is 23.6 Å². The molecule has 30 heavy (non-hydrogen) atoms. The Balaban J connectivity index is 1.59. The van der Waals surface area contributed by atoms with Crippen LogP contribution >= 0.6 is 11.8 Å². The number of esters is 1. The first-order valence-corrected chi connectivity index (χ1v) is 11.0. The number of rotatable bonds is 7. The largest absolute Gasteiger partial charge is 0.452 e. The molecule has 1 saturated carbocycles. The van der Waals surface area contributed by atoms with E-state index in [2.05, 4.69) is 16.5 Å². The third kappa shape index (κ3) is 5.22. The van der Waals surface area contributed by atoms with Gasteiger partial charge in [0, 0.05) is 16.2 Å². The Kier molecular flexibility index (Phi) is 7.16. The molecule has 1 N–H and O–H groups in total. The van der Waals surface area contributed by atoms with Crippen LogP contribution in [0.15, 0.2) is 33.7 Å². The zero-order valence-corrected chi connectivity index (χ0v) is 18.0. The Morgan fingerprint density at radius 2 is 2.00 bits per heavy atom. The van der Waals surface area contributed by atoms with Crippen LogP contribution in [0.4, 0.5) is 0 Å². The van der Waals surface area contributed by atoms with Crippen molar-refractivity contribution in [1.82, 2.24) is 10.5 Å². The van der Waals surface area contributed by atoms with Gasteiger partial charge in [-0.05, 0) is 38.8 Å². The van der Waals surface area contributed by atoms with E-state index in [9.17, 15) is 14.9 Å². The highest BCUT2D eigenvalue weighted by molar-refractivity contribution is 7.98. The van der Waals surface area contributed by atoms with Gasteiger partial charge in [0.25, 0.3) is 5.91 Å². The molecule has 2 aromatic rings. The number of aryl methyl sites for hydroxylation is 2. The van der Waals surface area contributed by atoms with Crippen molar-refractivity contribution in [2.75, 3.05) is 6.61 Å². The highest BCUT2D eigenvalue weighted by atomic mass is 32.2. The van der Waals surface area contributed by atoms with Crippen molar-refractivity contribution in [2.24, 2.45) is 0 Å². The predicted octanol–water partition coefficient (Wildman–Crippen LogP) is 4.08. The number of benzene rings is 1. The van der Waals surface area contributed by atoms with Crippen LogP contribution in [0.5, 0.6) is 0 Å². The predicted molar refractivity (Wildman–Crippen MR) is 112 cm³/mol. The molecule has 0 saturated heterocycles. The van der Waals surface area contributed by atoms with Gasteiger partial charge in [0.15, 0.2) is 6.61 Å². The maximum atomic E-state index is 12.6. The van der Waals surface area contributed by atoms with E-state index in [1.54, 1.807) is 12.1 Å². The number of hydrogen-bond acceptors (Lipinski definition) is 7. The molecular formula is C22H25N3O4S. The standard InChI is InChI=1S/C22H25N3O4S/c1-15-18(16(2)29-25-15)13-30-19-9-5-4-8-17(19)21(27)28-12-20(26)24-22(14-23)10-6-3-7-11-22/h4-5,8-9H,3,6-7,10-13H2,1-2H3,(H,24,26). The number of carbonyl (C=O) groups is 2. The average Bonchev–Trinajstić information content (AvgIpc) is 3.08. The summed E-state index contributed by atoms with van der Waals surface area (Å²) >= 11 is 1.48. The molecule has 8 heteroatoms. The zero-order chi connectivity index (χ0) is 21.6. The lowest BCUT2D eigenvalue weighted by molar-refractivity contribution is -0.125. The number of nitriles is 1. The van der Waals surface area contributed by atoms with Gasteiger partial charge in [-0.25, -0.2) is 4.79 Å². The molecule has 0 spiro atoms. The van der Waals surface area contributed by atoms with Gasteiger partial charge in [-0.3, -0.25) is 4.79 Å². The fraction of sp³-hybridized carbons (Fsp3) is 0.455. The smallest absolute Gasteiger partial charge is 0.339 e. The second kappa shape index (κ2) is 9.81. The fourth-order valence-corrected chi connectivity index (χ4v) is 4.74. The van der Waals surface area contributed by atoms with Gasteiger partial charge >= 0.3 is 5.97 Å². The topological polar surface area (TPSA) is 105 Å². The summed E-state index contributed by atoms with van der Waals surface area (Å²) in [5, 5.41) is 16.2. The molecule has 1 heterocycles. The Bertz CT molecular complexity index is 938. The second-order valence-electron chi connectivity index (χ2n) is 7.47. The number of nitrogens with zero attached hydrogens (tertiary/aromatic N) is 2. The average molecular weight is 428 g/mol. The van der Waals surface area contributed by atoms with Gasteiger partial charge in [-0.2, -0.15) is 5.26 Å². The van der Waals surface area contributed by atoms with E-state index < -0.39 is 24.0 Å². The molecule has 0 radical (unpaired) electrons. The summed E-state index contributed by atoms with van der Waals surface area (Å²) in [7, 11) is 0. The summed E-state index contributed by atoms with van der Waals surface area (Å²) in [5.74, 6) is 0.344. The lowest BCUT2D eigenvalue weighted by Gasteiger charge is -2.31. The van der Waals surface area contributed by atoms with Crippen LogP contribution in [-0.4, -0.2) is 29.2 Å². The molecule has 3 rings (SSSR count). The van der Waals surface area contributed by atoms with Gasteiger partial charge in [0.1, 0.15) is 11.3 Å². The van der Waals surface area contributed by atoms with E-state index in [0.717, 1.165) is 41.2 Å². The lowest BCUT2D eigenvalue weighted by atomic mass is 9.83. The van der Waals surface area contributed by atoms with Crippen molar-refractivity contribution in [3.63, 3.8) is 0 Å². The van der Waals surface area contributed by atoms with Crippen molar-refractivity contribution in [2.45, 2.75) is 62.1 Å². The van der Waals surface area contributed by atoms with Crippen LogP contribution < -0.4 is 5.32 Å². The minimum atomic E-state index is -0.843. The number of nitrogens with one attached hydrogen (secondary N) is 1. The van der Waals surface area contributed by atoms with Gasteiger partial charge in [0.2, 0.25) is 0 Å². The normalized spacial score (nSPS) is 15.2. The van der Waals surface area contributed by atoms with E-state index in [0.29, 0.717) is 24.2 Å². The van der Waals surface area contributed by atoms with Crippen LogP contribution in [0.25, 0.3) is 0 Å². The number of amides is 1. The molecule has 1 amide bonds. The molecule has 0 unspecified atom stereocenters. The molecule has 1 aliphatic rings. The summed E-state index contributed by atoms with van der Waals surface area (Å²) in [5.41, 5.74) is 1.38. The van der Waals surface area contributed by atoms with E-state index in [4.69, 9.17) is 9.26 Å². The summed E-state index contributed by atoms with van der Waals surface area (Å²) in [6.07, 6.45) is 4.14. The number of carbonyl (C=O) groups excluding carboxylic acids is 2. The third-order valence-corrected chi connectivity index (χ3v) is 6.39. The molecular weight excluding hydrogens is 402 g/mol. The first kappa shape index (κ1) is 21.9. The van der Waals surface area contributed by atoms with Gasteiger partial charge < -0.3 is 14.6 Å². The maximum Gasteiger partial charge on any atom is 0.339 e. The SMILES string of the molecule is Cc1noc(C)c1CSc1ccccc1C(=O)OCC(=O)NC1(C#N)CCCCC1. The van der Waals surface area contributed by atoms with Crippen LogP contribution in [0.3, 0.4) is 0 Å². The molecule has 7 nitrogen and oxygen atoms in total. The highest BCUT2D eigenvalue weighted by Gasteiger charge is 2.33. The van der Waals surface area contributed by atoms with Gasteiger partial charge in [-0.15, -0.1) is 11.8 Å². The third-order valence-electron chi connectivity index (χ3n) is 5.29. The number of aromatic nitrogens is 1. The summed E-state index contributed by atoms with van der Waals surface area (Å²) < 4.78 is 10.4. The molecule has 1 aromatic heterocycles. The van der Waals surface area contributed by atoms with Gasteiger partial charge in [-0.1, -0.05) is 36.6 Å². The second-order valence-corrected chi connectivity index (χ2v) is 8.48. The molecule has 1 aliphatic carbocycles. The highest BCUT2D eigenvalue weighted by Crippen LogP contribution is 2.29. The van der Waals surface area contributed by atoms with Crippen molar-refractivity contribution in [1.29, 1.82) is 5.26 Å². The van der Waals surface area contributed by atoms with E-state index in [1.807, 2.05) is 26.0 Å². The Morgan fingerprint density at radius 1 is 1.27 bits per heavy atom. The Hall–Kier alpha value is -2.79. The van der Waals surface area contributed by atoms with Crippen LogP contribution in [0, 0.1) is 25.2 Å². The Labute approximate surface area is 180 Å². The molecule has 158 valence electrons. The number of ether oxygens (including phenoxy) is 1. The first-order valence-electron chi connectivity index (χ1n) is 9.97. The number of hydrogen-bond donors (Lipinski definition) is 1. The maximum absolute atomic E-state index is 12.6. The van der Waals surface area contributed by atoms with E-state index in [-0.39, 0.29) is 0 Å². The summed E-state index contributed by atoms with van der Waals surface area (Å²) in [6, 6.07) is 9.34. The summed E-state index contributed by atoms with van der Waals surface area (Å²) in [4.78, 5) is 25.6. The van der Waals surface area contributed by atoms with E-state index in [1.165, 1.54) is 11.8 Å². The van der Waals surface area contributed by atoms with E-state index >= 15 is 0 Å². The molecule has 1 aromatic carbocycles. The zero-order valence-electron chi connectivity index (χ0n) is 17.2. The van der Waals surface area contributed by atoms with Crippen molar-refractivity contribution in [3.05, 3.63) is 46.8 Å². The minimum Gasteiger partial charge on any atom is -0.452 e. The molecule has 0 bridgehead atoms.